The first-order valence-corrected chi connectivity index (χ1v) is 5.90. The predicted octanol–water partition coefficient (Wildman–Crippen LogP) is 0.475. The molecule has 0 saturated heterocycles. The summed E-state index contributed by atoms with van der Waals surface area (Å²) in [6.07, 6.45) is 0. The third-order valence-electron chi connectivity index (χ3n) is 1.84. The van der Waals surface area contributed by atoms with Crippen LogP contribution in [0.1, 0.15) is 6.92 Å². The number of nitrogen functional groups attached to an aromatic ring is 1. The lowest BCUT2D eigenvalue weighted by Crippen LogP contribution is -2.23. The van der Waals surface area contributed by atoms with Crippen LogP contribution in [0.15, 0.2) is 23.1 Å². The van der Waals surface area contributed by atoms with Gasteiger partial charge in [-0.1, -0.05) is 6.92 Å². The van der Waals surface area contributed by atoms with E-state index in [9.17, 15) is 18.5 Å². The van der Waals surface area contributed by atoms with Crippen LogP contribution in [0.2, 0.25) is 0 Å². The molecule has 1 rings (SSSR count). The third kappa shape index (κ3) is 2.47. The van der Waals surface area contributed by atoms with E-state index in [1.165, 1.54) is 12.1 Å². The number of nitro groups is 1. The molecule has 0 atom stereocenters. The Morgan fingerprint density at radius 1 is 1.50 bits per heavy atom. The Labute approximate surface area is 92.5 Å². The van der Waals surface area contributed by atoms with Crippen molar-refractivity contribution in [1.82, 2.24) is 4.72 Å². The minimum atomic E-state index is -3.69. The van der Waals surface area contributed by atoms with Crippen LogP contribution >= 0.6 is 0 Å². The van der Waals surface area contributed by atoms with Crippen molar-refractivity contribution < 1.29 is 13.3 Å². The van der Waals surface area contributed by atoms with Crippen molar-refractivity contribution in [2.24, 2.45) is 0 Å². The summed E-state index contributed by atoms with van der Waals surface area (Å²) in [6.45, 7) is 1.82. The maximum atomic E-state index is 11.5. The molecule has 0 bridgehead atoms. The van der Waals surface area contributed by atoms with E-state index in [-0.39, 0.29) is 17.1 Å². The number of rotatable bonds is 4. The van der Waals surface area contributed by atoms with Crippen molar-refractivity contribution >= 4 is 21.4 Å². The summed E-state index contributed by atoms with van der Waals surface area (Å²) in [6, 6.07) is 3.36. The van der Waals surface area contributed by atoms with Gasteiger partial charge in [0.05, 0.1) is 9.82 Å². The fourth-order valence-electron chi connectivity index (χ4n) is 1.12. The highest BCUT2D eigenvalue weighted by Gasteiger charge is 2.19. The molecule has 0 radical (unpaired) electrons. The summed E-state index contributed by atoms with van der Waals surface area (Å²) in [7, 11) is -3.69. The van der Waals surface area contributed by atoms with Gasteiger partial charge >= 0.3 is 0 Å². The maximum Gasteiger partial charge on any atom is 0.293 e. The van der Waals surface area contributed by atoms with Crippen LogP contribution < -0.4 is 10.5 Å². The van der Waals surface area contributed by atoms with E-state index in [1.54, 1.807) is 6.92 Å². The molecule has 1 aromatic carbocycles. The third-order valence-corrected chi connectivity index (χ3v) is 3.39. The number of hydrogen-bond acceptors (Lipinski definition) is 5. The van der Waals surface area contributed by atoms with Gasteiger partial charge < -0.3 is 5.73 Å². The Morgan fingerprint density at radius 2 is 2.12 bits per heavy atom. The second-order valence-electron chi connectivity index (χ2n) is 2.98. The summed E-state index contributed by atoms with van der Waals surface area (Å²) in [5.74, 6) is 0. The minimum absolute atomic E-state index is 0.0690. The zero-order valence-electron chi connectivity index (χ0n) is 8.50. The number of anilines is 1. The number of nitro benzene ring substituents is 1. The van der Waals surface area contributed by atoms with Gasteiger partial charge in [0.2, 0.25) is 10.0 Å². The highest BCUT2D eigenvalue weighted by molar-refractivity contribution is 7.89. The van der Waals surface area contributed by atoms with Crippen LogP contribution in [0.25, 0.3) is 0 Å². The Bertz CT molecular complexity index is 512. The molecule has 0 aliphatic rings. The van der Waals surface area contributed by atoms with Crippen molar-refractivity contribution in [3.8, 4) is 0 Å². The Balaban J connectivity index is 3.28. The molecule has 0 fully saturated rings. The van der Waals surface area contributed by atoms with E-state index in [2.05, 4.69) is 4.72 Å². The number of nitrogens with one attached hydrogen (secondary N) is 1. The lowest BCUT2D eigenvalue weighted by atomic mass is 10.3. The molecule has 0 aromatic heterocycles. The normalized spacial score (nSPS) is 11.3. The van der Waals surface area contributed by atoms with Crippen molar-refractivity contribution in [2.45, 2.75) is 11.8 Å². The molecular formula is C8H11N3O4S. The number of hydrogen-bond donors (Lipinski definition) is 2. The van der Waals surface area contributed by atoms with E-state index < -0.39 is 20.6 Å². The van der Waals surface area contributed by atoms with Gasteiger partial charge in [0.25, 0.3) is 5.69 Å². The van der Waals surface area contributed by atoms with Crippen molar-refractivity contribution in [3.05, 3.63) is 28.3 Å². The van der Waals surface area contributed by atoms with Crippen molar-refractivity contribution in [3.63, 3.8) is 0 Å². The zero-order chi connectivity index (χ0) is 12.3. The summed E-state index contributed by atoms with van der Waals surface area (Å²) < 4.78 is 25.3. The number of benzene rings is 1. The van der Waals surface area contributed by atoms with Crippen LogP contribution in [-0.2, 0) is 10.0 Å². The maximum absolute atomic E-state index is 11.5. The van der Waals surface area contributed by atoms with Gasteiger partial charge in [-0.25, -0.2) is 13.1 Å². The molecule has 0 aliphatic heterocycles. The minimum Gasteiger partial charge on any atom is -0.393 e. The van der Waals surface area contributed by atoms with Crippen molar-refractivity contribution in [2.75, 3.05) is 12.3 Å². The summed E-state index contributed by atoms with van der Waals surface area (Å²) in [5.41, 5.74) is 4.86. The van der Waals surface area contributed by atoms with Gasteiger partial charge in [-0.05, 0) is 12.1 Å². The van der Waals surface area contributed by atoms with Gasteiger partial charge in [0, 0.05) is 12.6 Å². The Morgan fingerprint density at radius 3 is 2.62 bits per heavy atom. The van der Waals surface area contributed by atoms with E-state index in [0.717, 1.165) is 6.07 Å². The Kier molecular flexibility index (Phi) is 3.45. The van der Waals surface area contributed by atoms with Gasteiger partial charge in [0.15, 0.2) is 0 Å². The molecule has 0 saturated carbocycles. The zero-order valence-corrected chi connectivity index (χ0v) is 9.32. The van der Waals surface area contributed by atoms with Crippen LogP contribution in [0.3, 0.4) is 0 Å². The fourth-order valence-corrected chi connectivity index (χ4v) is 2.18. The molecule has 16 heavy (non-hydrogen) atoms. The van der Waals surface area contributed by atoms with Crippen LogP contribution in [0, 0.1) is 10.1 Å². The lowest BCUT2D eigenvalue weighted by Gasteiger charge is -2.04. The molecule has 3 N–H and O–H groups in total. The number of sulfonamides is 1. The molecular weight excluding hydrogens is 234 g/mol. The van der Waals surface area contributed by atoms with Crippen LogP contribution in [0.4, 0.5) is 11.4 Å². The average Bonchev–Trinajstić information content (AvgIpc) is 2.17. The molecule has 7 nitrogen and oxygen atoms in total. The molecule has 88 valence electrons. The SMILES string of the molecule is CCNS(=O)(=O)c1ccc(N)c([N+](=O)[O-])c1. The van der Waals surface area contributed by atoms with E-state index >= 15 is 0 Å². The second-order valence-corrected chi connectivity index (χ2v) is 4.75. The van der Waals surface area contributed by atoms with Crippen LogP contribution in [0.5, 0.6) is 0 Å². The average molecular weight is 245 g/mol. The molecule has 0 spiro atoms. The van der Waals surface area contributed by atoms with E-state index in [1.807, 2.05) is 0 Å². The highest BCUT2D eigenvalue weighted by atomic mass is 32.2. The molecule has 0 unspecified atom stereocenters. The highest BCUT2D eigenvalue weighted by Crippen LogP contribution is 2.24. The van der Waals surface area contributed by atoms with Gasteiger partial charge in [-0.3, -0.25) is 10.1 Å². The first kappa shape index (κ1) is 12.4. The molecule has 1 aromatic rings. The van der Waals surface area contributed by atoms with E-state index in [0.29, 0.717) is 0 Å². The number of nitrogens with zero attached hydrogens (tertiary/aromatic N) is 1. The molecule has 0 amide bonds. The van der Waals surface area contributed by atoms with Crippen LogP contribution in [-0.4, -0.2) is 19.9 Å². The standard InChI is InChI=1S/C8H11N3O4S/c1-2-10-16(14,15)6-3-4-7(9)8(5-6)11(12)13/h3-5,10H,2,9H2,1H3. The fraction of sp³-hybridized carbons (Fsp3) is 0.250. The molecule has 0 heterocycles. The summed E-state index contributed by atoms with van der Waals surface area (Å²) >= 11 is 0. The summed E-state index contributed by atoms with van der Waals surface area (Å²) in [4.78, 5) is 9.68. The lowest BCUT2D eigenvalue weighted by molar-refractivity contribution is -0.384. The topological polar surface area (TPSA) is 115 Å². The smallest absolute Gasteiger partial charge is 0.293 e. The quantitative estimate of drug-likeness (QED) is 0.454. The van der Waals surface area contributed by atoms with Crippen molar-refractivity contribution in [1.29, 1.82) is 0 Å². The summed E-state index contributed by atoms with van der Waals surface area (Å²) in [5, 5.41) is 10.6. The Hall–Kier alpha value is -1.67. The van der Waals surface area contributed by atoms with E-state index in [4.69, 9.17) is 5.73 Å². The molecule has 0 aliphatic carbocycles. The van der Waals surface area contributed by atoms with Gasteiger partial charge in [0.1, 0.15) is 5.69 Å². The van der Waals surface area contributed by atoms with Gasteiger partial charge in [-0.2, -0.15) is 0 Å². The first-order chi connectivity index (χ1) is 7.38. The van der Waals surface area contributed by atoms with Gasteiger partial charge in [-0.15, -0.1) is 0 Å². The predicted molar refractivity (Wildman–Crippen MR) is 58.4 cm³/mol. The molecule has 8 heteroatoms. The largest absolute Gasteiger partial charge is 0.393 e. The monoisotopic (exact) mass is 245 g/mol. The number of nitrogens with two attached hydrogens (primary N) is 1. The first-order valence-electron chi connectivity index (χ1n) is 4.42. The second kappa shape index (κ2) is 4.45.